The zero-order chi connectivity index (χ0) is 16.7. The van der Waals surface area contributed by atoms with Gasteiger partial charge in [-0.25, -0.2) is 0 Å². The predicted molar refractivity (Wildman–Crippen MR) is 108 cm³/mol. The van der Waals surface area contributed by atoms with Gasteiger partial charge < -0.3 is 20.5 Å². The number of ether oxygens (including phenoxy) is 2. The predicted octanol–water partition coefficient (Wildman–Crippen LogP) is 2.00. The molecular formula is C17H29IN4O2. The monoisotopic (exact) mass is 448 g/mol. The van der Waals surface area contributed by atoms with Gasteiger partial charge in [-0.05, 0) is 31.5 Å². The molecule has 1 heterocycles. The van der Waals surface area contributed by atoms with Crippen LogP contribution in [-0.4, -0.2) is 56.9 Å². The van der Waals surface area contributed by atoms with E-state index >= 15 is 0 Å². The first kappa shape index (κ1) is 21.0. The quantitative estimate of drug-likeness (QED) is 0.396. The molecule has 6 nitrogen and oxygen atoms in total. The zero-order valence-electron chi connectivity index (χ0n) is 14.7. The van der Waals surface area contributed by atoms with Crippen molar-refractivity contribution in [2.45, 2.75) is 25.9 Å². The highest BCUT2D eigenvalue weighted by molar-refractivity contribution is 14.0. The van der Waals surface area contributed by atoms with E-state index in [1.54, 1.807) is 7.11 Å². The Morgan fingerprint density at radius 1 is 1.29 bits per heavy atom. The largest absolute Gasteiger partial charge is 0.497 e. The first-order chi connectivity index (χ1) is 11.1. The Morgan fingerprint density at radius 3 is 2.46 bits per heavy atom. The first-order valence-electron chi connectivity index (χ1n) is 8.12. The van der Waals surface area contributed by atoms with E-state index in [0.717, 1.165) is 32.1 Å². The van der Waals surface area contributed by atoms with Crippen LogP contribution >= 0.6 is 24.0 Å². The zero-order valence-corrected chi connectivity index (χ0v) is 17.0. The van der Waals surface area contributed by atoms with Gasteiger partial charge in [0.15, 0.2) is 5.96 Å². The summed E-state index contributed by atoms with van der Waals surface area (Å²) in [6, 6.07) is 8.64. The number of hydrogen-bond donors (Lipinski definition) is 2. The molecule has 0 saturated carbocycles. The smallest absolute Gasteiger partial charge is 0.188 e. The van der Waals surface area contributed by atoms with Crippen molar-refractivity contribution in [3.63, 3.8) is 0 Å². The van der Waals surface area contributed by atoms with E-state index in [9.17, 15) is 0 Å². The maximum atomic E-state index is 5.95. The van der Waals surface area contributed by atoms with Crippen molar-refractivity contribution in [2.24, 2.45) is 10.7 Å². The third kappa shape index (κ3) is 6.45. The SMILES string of the molecule is COc1ccc(C(CN=C(N)NC(C)C)N2CCOCC2)cc1.I. The number of rotatable bonds is 6. The number of halogens is 1. The lowest BCUT2D eigenvalue weighted by atomic mass is 10.0. The number of aliphatic imine (C=N–C) groups is 1. The molecule has 3 N–H and O–H groups in total. The van der Waals surface area contributed by atoms with Crippen LogP contribution in [-0.2, 0) is 4.74 Å². The number of hydrogen-bond acceptors (Lipinski definition) is 4. The first-order valence-corrected chi connectivity index (χ1v) is 8.12. The molecule has 0 bridgehead atoms. The van der Waals surface area contributed by atoms with Gasteiger partial charge in [-0.2, -0.15) is 0 Å². The van der Waals surface area contributed by atoms with Crippen molar-refractivity contribution >= 4 is 29.9 Å². The summed E-state index contributed by atoms with van der Waals surface area (Å²) in [5.41, 5.74) is 7.17. The lowest BCUT2D eigenvalue weighted by Gasteiger charge is -2.34. The third-order valence-corrected chi connectivity index (χ3v) is 3.86. The molecule has 1 fully saturated rings. The van der Waals surface area contributed by atoms with Crippen LogP contribution in [0.3, 0.4) is 0 Å². The fourth-order valence-corrected chi connectivity index (χ4v) is 2.67. The molecule has 1 aliphatic heterocycles. The van der Waals surface area contributed by atoms with Crippen molar-refractivity contribution < 1.29 is 9.47 Å². The molecule has 7 heteroatoms. The molecule has 1 aromatic rings. The molecule has 1 aromatic carbocycles. The minimum absolute atomic E-state index is 0. The maximum Gasteiger partial charge on any atom is 0.188 e. The molecule has 24 heavy (non-hydrogen) atoms. The summed E-state index contributed by atoms with van der Waals surface area (Å²) in [5.74, 6) is 1.35. The summed E-state index contributed by atoms with van der Waals surface area (Å²) < 4.78 is 10.7. The van der Waals surface area contributed by atoms with Gasteiger partial charge in [0.25, 0.3) is 0 Å². The highest BCUT2D eigenvalue weighted by Crippen LogP contribution is 2.24. The van der Waals surface area contributed by atoms with Crippen LogP contribution in [0.2, 0.25) is 0 Å². The molecule has 136 valence electrons. The van der Waals surface area contributed by atoms with E-state index in [1.807, 2.05) is 26.0 Å². The topological polar surface area (TPSA) is 72.1 Å². The van der Waals surface area contributed by atoms with E-state index in [4.69, 9.17) is 15.2 Å². The molecule has 2 rings (SSSR count). The molecule has 0 amide bonds. The van der Waals surface area contributed by atoms with Gasteiger partial charge >= 0.3 is 0 Å². The molecule has 1 unspecified atom stereocenters. The second kappa shape index (κ2) is 10.7. The van der Waals surface area contributed by atoms with Crippen LogP contribution in [0.25, 0.3) is 0 Å². The van der Waals surface area contributed by atoms with Gasteiger partial charge in [0.05, 0.1) is 32.9 Å². The molecule has 1 aliphatic rings. The van der Waals surface area contributed by atoms with Gasteiger partial charge in [-0.1, -0.05) is 12.1 Å². The van der Waals surface area contributed by atoms with Crippen molar-refractivity contribution in [3.05, 3.63) is 29.8 Å². The summed E-state index contributed by atoms with van der Waals surface area (Å²) in [5, 5.41) is 3.14. The minimum Gasteiger partial charge on any atom is -0.497 e. The summed E-state index contributed by atoms with van der Waals surface area (Å²) in [6.45, 7) is 8.05. The summed E-state index contributed by atoms with van der Waals surface area (Å²) in [7, 11) is 1.68. The Hall–Kier alpha value is -1.06. The number of benzene rings is 1. The fourth-order valence-electron chi connectivity index (χ4n) is 2.67. The van der Waals surface area contributed by atoms with Gasteiger partial charge in [0.1, 0.15) is 5.75 Å². The van der Waals surface area contributed by atoms with Crippen molar-refractivity contribution in [1.29, 1.82) is 0 Å². The Morgan fingerprint density at radius 2 is 1.92 bits per heavy atom. The molecule has 1 saturated heterocycles. The molecule has 0 aliphatic carbocycles. The van der Waals surface area contributed by atoms with Crippen LogP contribution in [0.1, 0.15) is 25.5 Å². The van der Waals surface area contributed by atoms with E-state index in [2.05, 4.69) is 27.3 Å². The van der Waals surface area contributed by atoms with E-state index in [1.165, 1.54) is 5.56 Å². The van der Waals surface area contributed by atoms with Crippen LogP contribution in [0.5, 0.6) is 5.75 Å². The van der Waals surface area contributed by atoms with Gasteiger partial charge in [0.2, 0.25) is 0 Å². The van der Waals surface area contributed by atoms with Gasteiger partial charge in [-0.3, -0.25) is 9.89 Å². The Balaban J connectivity index is 0.00000288. The Bertz CT molecular complexity index is 502. The number of nitrogens with one attached hydrogen (secondary N) is 1. The molecular weight excluding hydrogens is 419 g/mol. The molecule has 0 aromatic heterocycles. The molecule has 1 atom stereocenters. The summed E-state index contributed by atoms with van der Waals surface area (Å²) >= 11 is 0. The average Bonchev–Trinajstić information content (AvgIpc) is 2.56. The minimum atomic E-state index is 0. The second-order valence-electron chi connectivity index (χ2n) is 5.96. The number of methoxy groups -OCH3 is 1. The van der Waals surface area contributed by atoms with E-state index in [-0.39, 0.29) is 36.1 Å². The number of guanidine groups is 1. The van der Waals surface area contributed by atoms with E-state index in [0.29, 0.717) is 12.5 Å². The number of morpholine rings is 1. The highest BCUT2D eigenvalue weighted by atomic mass is 127. The lowest BCUT2D eigenvalue weighted by Crippen LogP contribution is -2.41. The molecule has 0 radical (unpaired) electrons. The standard InChI is InChI=1S/C17H28N4O2.HI/c1-13(2)20-17(18)19-12-16(21-8-10-23-11-9-21)14-4-6-15(22-3)7-5-14;/h4-7,13,16H,8-12H2,1-3H3,(H3,18,19,20);1H. The number of nitrogens with zero attached hydrogens (tertiary/aromatic N) is 2. The van der Waals surface area contributed by atoms with E-state index < -0.39 is 0 Å². The normalized spacial score (nSPS) is 17.2. The lowest BCUT2D eigenvalue weighted by molar-refractivity contribution is 0.0179. The van der Waals surface area contributed by atoms with Crippen molar-refractivity contribution in [1.82, 2.24) is 10.2 Å². The Kier molecular flexibility index (Phi) is 9.38. The van der Waals surface area contributed by atoms with Crippen molar-refractivity contribution in [2.75, 3.05) is 40.0 Å². The second-order valence-corrected chi connectivity index (χ2v) is 5.96. The molecule has 0 spiro atoms. The average molecular weight is 448 g/mol. The number of nitrogens with two attached hydrogens (primary N) is 1. The van der Waals surface area contributed by atoms with Crippen LogP contribution in [0.15, 0.2) is 29.3 Å². The van der Waals surface area contributed by atoms with Gasteiger partial charge in [-0.15, -0.1) is 24.0 Å². The third-order valence-electron chi connectivity index (χ3n) is 3.86. The maximum absolute atomic E-state index is 5.95. The summed E-state index contributed by atoms with van der Waals surface area (Å²) in [6.07, 6.45) is 0. The fraction of sp³-hybridized carbons (Fsp3) is 0.588. The Labute approximate surface area is 161 Å². The highest BCUT2D eigenvalue weighted by Gasteiger charge is 2.22. The summed E-state index contributed by atoms with van der Waals surface area (Å²) in [4.78, 5) is 6.93. The van der Waals surface area contributed by atoms with Crippen molar-refractivity contribution in [3.8, 4) is 5.75 Å². The van der Waals surface area contributed by atoms with Crippen LogP contribution in [0, 0.1) is 0 Å². The van der Waals surface area contributed by atoms with Crippen LogP contribution < -0.4 is 15.8 Å². The van der Waals surface area contributed by atoms with Gasteiger partial charge in [0, 0.05) is 19.1 Å². The van der Waals surface area contributed by atoms with Crippen LogP contribution in [0.4, 0.5) is 0 Å².